The Hall–Kier alpha value is -2.11. The van der Waals surface area contributed by atoms with Crippen LogP contribution in [0, 0.1) is 0 Å². The maximum absolute atomic E-state index is 11.9. The van der Waals surface area contributed by atoms with E-state index < -0.39 is 5.91 Å². The van der Waals surface area contributed by atoms with Crippen LogP contribution in [0.4, 0.5) is 0 Å². The summed E-state index contributed by atoms with van der Waals surface area (Å²) in [4.78, 5) is 22.9. The van der Waals surface area contributed by atoms with Crippen LogP contribution in [0.3, 0.4) is 0 Å². The number of carbonyl (C=O) groups excluding carboxylic acids is 2. The van der Waals surface area contributed by atoms with Gasteiger partial charge in [0.25, 0.3) is 11.8 Å². The highest BCUT2D eigenvalue weighted by atomic mass is 35.5. The van der Waals surface area contributed by atoms with Crippen LogP contribution in [-0.2, 0) is 17.9 Å². The van der Waals surface area contributed by atoms with Crippen LogP contribution in [-0.4, -0.2) is 11.8 Å². The number of benzene rings is 1. The number of carbonyl (C=O) groups is 2. The summed E-state index contributed by atoms with van der Waals surface area (Å²) in [5.41, 5.74) is 6.52. The Labute approximate surface area is 139 Å². The van der Waals surface area contributed by atoms with E-state index >= 15 is 0 Å². The van der Waals surface area contributed by atoms with Crippen LogP contribution in [0.1, 0.15) is 15.9 Å². The summed E-state index contributed by atoms with van der Waals surface area (Å²) in [5, 5.41) is 3.45. The molecule has 1 aromatic carbocycles. The maximum atomic E-state index is 11.9. The van der Waals surface area contributed by atoms with Gasteiger partial charge in [0, 0.05) is 17.6 Å². The second-order valence-electron chi connectivity index (χ2n) is 4.53. The van der Waals surface area contributed by atoms with Gasteiger partial charge in [-0.15, -0.1) is 0 Å². The van der Waals surface area contributed by atoms with Crippen molar-refractivity contribution in [2.24, 2.45) is 5.73 Å². The zero-order valence-corrected chi connectivity index (χ0v) is 13.1. The lowest BCUT2D eigenvalue weighted by Gasteiger charge is -2.04. The van der Waals surface area contributed by atoms with Crippen LogP contribution in [0.5, 0.6) is 0 Å². The smallest absolute Gasteiger partial charge is 0.286 e. The van der Waals surface area contributed by atoms with Gasteiger partial charge in [0.15, 0.2) is 12.4 Å². The second-order valence-corrected chi connectivity index (χ2v) is 4.97. The molecule has 1 heterocycles. The monoisotopic (exact) mass is 339 g/mol. The van der Waals surface area contributed by atoms with Gasteiger partial charge in [0.05, 0.1) is 0 Å². The first kappa shape index (κ1) is 17.9. The van der Waals surface area contributed by atoms with E-state index in [1.165, 1.54) is 0 Å². The van der Waals surface area contributed by atoms with Crippen molar-refractivity contribution in [2.45, 2.75) is 13.1 Å². The normalized spacial score (nSPS) is 9.68. The third-order valence-corrected chi connectivity index (χ3v) is 3.12. The Morgan fingerprint density at radius 1 is 1.18 bits per heavy atom. The van der Waals surface area contributed by atoms with E-state index in [4.69, 9.17) is 17.3 Å². The standard InChI is InChI=1S/C15H14ClN3O2.ClH/c16-13-5-3-11(4-6-13)8-18-14(20)10-19-7-1-2-12(9-19)15(17)21;/h1-7,9H,8,10H2,(H2-,17,18,20,21);1H. The Morgan fingerprint density at radius 3 is 2.50 bits per heavy atom. The molecular weight excluding hydrogens is 325 g/mol. The van der Waals surface area contributed by atoms with E-state index in [9.17, 15) is 9.59 Å². The SMILES string of the molecule is NC(=O)c1ccc[n+](CC(=O)NCc2ccc(Cl)cc2)c1.[Cl-]. The van der Waals surface area contributed by atoms with Gasteiger partial charge in [0.2, 0.25) is 6.54 Å². The molecule has 0 aliphatic heterocycles. The van der Waals surface area contributed by atoms with Crippen molar-refractivity contribution >= 4 is 23.4 Å². The van der Waals surface area contributed by atoms with E-state index in [0.717, 1.165) is 5.56 Å². The summed E-state index contributed by atoms with van der Waals surface area (Å²) in [6.07, 6.45) is 3.25. The zero-order valence-electron chi connectivity index (χ0n) is 11.6. The number of primary amides is 1. The van der Waals surface area contributed by atoms with Gasteiger partial charge in [-0.2, -0.15) is 4.57 Å². The molecule has 22 heavy (non-hydrogen) atoms. The summed E-state index contributed by atoms with van der Waals surface area (Å²) in [6, 6.07) is 10.5. The number of rotatable bonds is 5. The first-order valence-electron chi connectivity index (χ1n) is 6.34. The molecule has 2 amide bonds. The number of nitrogens with zero attached hydrogens (tertiary/aromatic N) is 1. The number of pyridine rings is 1. The number of hydrogen-bond donors (Lipinski definition) is 2. The largest absolute Gasteiger partial charge is 1.00 e. The summed E-state index contributed by atoms with van der Waals surface area (Å²) in [6.45, 7) is 0.542. The van der Waals surface area contributed by atoms with Crippen molar-refractivity contribution in [3.8, 4) is 0 Å². The first-order chi connectivity index (χ1) is 10.0. The van der Waals surface area contributed by atoms with Crippen molar-refractivity contribution in [1.82, 2.24) is 5.32 Å². The summed E-state index contributed by atoms with van der Waals surface area (Å²) >= 11 is 5.79. The Balaban J connectivity index is 0.00000242. The third kappa shape index (κ3) is 5.35. The highest BCUT2D eigenvalue weighted by Gasteiger charge is 2.11. The molecule has 0 aliphatic rings. The highest BCUT2D eigenvalue weighted by molar-refractivity contribution is 6.30. The van der Waals surface area contributed by atoms with Crippen LogP contribution in [0.25, 0.3) is 0 Å². The minimum atomic E-state index is -0.522. The fourth-order valence-corrected chi connectivity index (χ4v) is 1.92. The van der Waals surface area contributed by atoms with Crippen LogP contribution in [0.2, 0.25) is 5.02 Å². The quantitative estimate of drug-likeness (QED) is 0.621. The molecule has 0 aliphatic carbocycles. The number of amides is 2. The van der Waals surface area contributed by atoms with E-state index in [1.54, 1.807) is 41.2 Å². The highest BCUT2D eigenvalue weighted by Crippen LogP contribution is 2.08. The van der Waals surface area contributed by atoms with Gasteiger partial charge in [0.1, 0.15) is 5.56 Å². The lowest BCUT2D eigenvalue weighted by atomic mass is 10.2. The fourth-order valence-electron chi connectivity index (χ4n) is 1.79. The molecule has 0 bridgehead atoms. The van der Waals surface area contributed by atoms with Crippen LogP contribution < -0.4 is 28.0 Å². The zero-order chi connectivity index (χ0) is 15.2. The molecule has 0 atom stereocenters. The van der Waals surface area contributed by atoms with Gasteiger partial charge in [-0.1, -0.05) is 23.7 Å². The molecule has 3 N–H and O–H groups in total. The summed E-state index contributed by atoms with van der Waals surface area (Å²) < 4.78 is 1.61. The van der Waals surface area contributed by atoms with Crippen LogP contribution in [0.15, 0.2) is 48.8 Å². The Bertz CT molecular complexity index is 660. The van der Waals surface area contributed by atoms with Crippen molar-refractivity contribution in [3.63, 3.8) is 0 Å². The number of halogens is 2. The molecule has 2 rings (SSSR count). The summed E-state index contributed by atoms with van der Waals surface area (Å²) in [5.74, 6) is -0.678. The number of nitrogens with one attached hydrogen (secondary N) is 1. The van der Waals surface area contributed by atoms with Crippen LogP contribution >= 0.6 is 11.6 Å². The third-order valence-electron chi connectivity index (χ3n) is 2.87. The molecule has 0 unspecified atom stereocenters. The number of aromatic nitrogens is 1. The Kier molecular flexibility index (Phi) is 6.82. The average Bonchev–Trinajstić information content (AvgIpc) is 2.47. The predicted molar refractivity (Wildman–Crippen MR) is 78.5 cm³/mol. The van der Waals surface area contributed by atoms with Crippen molar-refractivity contribution in [2.75, 3.05) is 0 Å². The topological polar surface area (TPSA) is 76.1 Å². The molecule has 0 saturated heterocycles. The van der Waals surface area contributed by atoms with Crippen molar-refractivity contribution in [3.05, 3.63) is 64.9 Å². The molecule has 1 aromatic heterocycles. The molecule has 0 fully saturated rings. The Morgan fingerprint density at radius 2 is 1.86 bits per heavy atom. The predicted octanol–water partition coefficient (Wildman–Crippen LogP) is -1.95. The second kappa shape index (κ2) is 8.36. The molecule has 7 heteroatoms. The van der Waals surface area contributed by atoms with Gasteiger partial charge in [-0.25, -0.2) is 0 Å². The molecule has 0 saturated carbocycles. The molecule has 0 radical (unpaired) electrons. The van der Waals surface area contributed by atoms with E-state index in [-0.39, 0.29) is 24.9 Å². The number of hydrogen-bond acceptors (Lipinski definition) is 2. The van der Waals surface area contributed by atoms with Gasteiger partial charge in [-0.05, 0) is 23.8 Å². The van der Waals surface area contributed by atoms with E-state index in [2.05, 4.69) is 5.32 Å². The maximum Gasteiger partial charge on any atom is 0.286 e. The first-order valence-corrected chi connectivity index (χ1v) is 6.72. The van der Waals surface area contributed by atoms with Gasteiger partial charge >= 0.3 is 0 Å². The van der Waals surface area contributed by atoms with E-state index in [0.29, 0.717) is 17.1 Å². The molecule has 2 aromatic rings. The molecular formula is C15H15Cl2N3O2. The van der Waals surface area contributed by atoms with Crippen molar-refractivity contribution < 1.29 is 26.6 Å². The lowest BCUT2D eigenvalue weighted by molar-refractivity contribution is -0.684. The van der Waals surface area contributed by atoms with Gasteiger partial charge in [-0.3, -0.25) is 9.59 Å². The average molecular weight is 340 g/mol. The van der Waals surface area contributed by atoms with Crippen molar-refractivity contribution in [1.29, 1.82) is 0 Å². The molecule has 0 spiro atoms. The summed E-state index contributed by atoms with van der Waals surface area (Å²) in [7, 11) is 0. The fraction of sp³-hybridized carbons (Fsp3) is 0.133. The lowest BCUT2D eigenvalue weighted by Crippen LogP contribution is -3.00. The van der Waals surface area contributed by atoms with Gasteiger partial charge < -0.3 is 23.5 Å². The molecule has 5 nitrogen and oxygen atoms in total. The minimum Gasteiger partial charge on any atom is -1.00 e. The van der Waals surface area contributed by atoms with E-state index in [1.807, 2.05) is 12.1 Å². The minimum absolute atomic E-state index is 0. The number of nitrogens with two attached hydrogens (primary N) is 1. The molecule has 116 valence electrons.